The molecular formula is C10H13N5O3S. The van der Waals surface area contributed by atoms with Gasteiger partial charge in [0.2, 0.25) is 5.95 Å². The van der Waals surface area contributed by atoms with Gasteiger partial charge in [0.25, 0.3) is 5.56 Å². The van der Waals surface area contributed by atoms with Crippen molar-refractivity contribution in [3.8, 4) is 0 Å². The van der Waals surface area contributed by atoms with Crippen molar-refractivity contribution >= 4 is 28.9 Å². The number of nitrogen functional groups attached to an aromatic ring is 1. The van der Waals surface area contributed by atoms with E-state index in [1.54, 1.807) is 4.57 Å². The predicted molar refractivity (Wildman–Crippen MR) is 70.6 cm³/mol. The topological polar surface area (TPSA) is 130 Å². The lowest BCUT2D eigenvalue weighted by Gasteiger charge is -2.42. The molecule has 3 atom stereocenters. The SMILES string of the molecule is Nc1nc2c(ncn2[C@H]2S[C@@H](CO)[C@@H]2CO)c(=O)[nH]1. The maximum absolute atomic E-state index is 11.7. The smallest absolute Gasteiger partial charge is 0.280 e. The Morgan fingerprint density at radius 2 is 2.26 bits per heavy atom. The zero-order valence-electron chi connectivity index (χ0n) is 9.85. The Labute approximate surface area is 111 Å². The van der Waals surface area contributed by atoms with Crippen LogP contribution in [0, 0.1) is 5.92 Å². The van der Waals surface area contributed by atoms with E-state index in [2.05, 4.69) is 15.0 Å². The van der Waals surface area contributed by atoms with Crippen LogP contribution in [0.4, 0.5) is 5.95 Å². The Balaban J connectivity index is 2.05. The molecule has 8 nitrogen and oxygen atoms in total. The summed E-state index contributed by atoms with van der Waals surface area (Å²) in [7, 11) is 0. The highest BCUT2D eigenvalue weighted by molar-refractivity contribution is 8.01. The number of aromatic nitrogens is 4. The van der Waals surface area contributed by atoms with Gasteiger partial charge in [-0.25, -0.2) is 4.98 Å². The average Bonchev–Trinajstić information content (AvgIpc) is 2.73. The lowest BCUT2D eigenvalue weighted by atomic mass is 10.0. The number of H-pyrrole nitrogens is 1. The summed E-state index contributed by atoms with van der Waals surface area (Å²) < 4.78 is 1.72. The van der Waals surface area contributed by atoms with E-state index >= 15 is 0 Å². The molecule has 0 spiro atoms. The number of nitrogens with one attached hydrogen (secondary N) is 1. The average molecular weight is 283 g/mol. The van der Waals surface area contributed by atoms with Crippen LogP contribution < -0.4 is 11.3 Å². The second-order valence-electron chi connectivity index (χ2n) is 4.37. The molecule has 2 aromatic rings. The van der Waals surface area contributed by atoms with Gasteiger partial charge in [0.05, 0.1) is 18.3 Å². The highest BCUT2D eigenvalue weighted by Crippen LogP contribution is 2.50. The van der Waals surface area contributed by atoms with Crippen LogP contribution in [0.25, 0.3) is 11.2 Å². The number of aliphatic hydroxyl groups is 2. The standard InChI is InChI=1S/C10H13N5O3S/c11-10-13-7-6(8(18)14-10)12-3-15(7)9-4(1-16)5(2-17)19-9/h3-5,9,16-17H,1-2H2,(H3,11,13,14,18)/t4-,5-,9-/m0/s1. The lowest BCUT2D eigenvalue weighted by Crippen LogP contribution is -2.41. The molecule has 0 aliphatic carbocycles. The van der Waals surface area contributed by atoms with Crippen molar-refractivity contribution in [3.63, 3.8) is 0 Å². The third-order valence-electron chi connectivity index (χ3n) is 3.27. The van der Waals surface area contributed by atoms with Gasteiger partial charge in [-0.3, -0.25) is 9.78 Å². The molecule has 1 saturated heterocycles. The Bertz CT molecular complexity index is 669. The molecule has 9 heteroatoms. The fourth-order valence-electron chi connectivity index (χ4n) is 2.26. The fourth-order valence-corrected chi connectivity index (χ4v) is 3.63. The molecule has 0 aromatic carbocycles. The van der Waals surface area contributed by atoms with Gasteiger partial charge >= 0.3 is 0 Å². The molecule has 0 unspecified atom stereocenters. The highest BCUT2D eigenvalue weighted by atomic mass is 32.2. The lowest BCUT2D eigenvalue weighted by molar-refractivity contribution is 0.158. The molecule has 3 heterocycles. The number of hydrogen-bond donors (Lipinski definition) is 4. The van der Waals surface area contributed by atoms with Gasteiger partial charge in [-0.15, -0.1) is 11.8 Å². The third-order valence-corrected chi connectivity index (χ3v) is 4.98. The van der Waals surface area contributed by atoms with Crippen molar-refractivity contribution in [2.24, 2.45) is 5.92 Å². The molecule has 0 saturated carbocycles. The summed E-state index contributed by atoms with van der Waals surface area (Å²) in [6.07, 6.45) is 1.51. The normalized spacial score (nSPS) is 26.5. The van der Waals surface area contributed by atoms with Crippen LogP contribution in [-0.4, -0.2) is 48.2 Å². The van der Waals surface area contributed by atoms with Crippen LogP contribution in [0.3, 0.4) is 0 Å². The molecule has 5 N–H and O–H groups in total. The molecular weight excluding hydrogens is 270 g/mol. The minimum Gasteiger partial charge on any atom is -0.396 e. The van der Waals surface area contributed by atoms with E-state index in [1.165, 1.54) is 18.1 Å². The number of thioether (sulfide) groups is 1. The van der Waals surface area contributed by atoms with E-state index < -0.39 is 0 Å². The summed E-state index contributed by atoms with van der Waals surface area (Å²) in [5, 5.41) is 18.4. The zero-order chi connectivity index (χ0) is 13.6. The minimum absolute atomic E-state index is 0.00760. The number of aromatic amines is 1. The molecule has 102 valence electrons. The van der Waals surface area contributed by atoms with Crippen molar-refractivity contribution in [1.29, 1.82) is 0 Å². The van der Waals surface area contributed by atoms with Gasteiger partial charge in [0, 0.05) is 17.8 Å². The minimum atomic E-state index is -0.384. The van der Waals surface area contributed by atoms with E-state index in [0.717, 1.165) is 0 Å². The van der Waals surface area contributed by atoms with Crippen LogP contribution >= 0.6 is 11.8 Å². The van der Waals surface area contributed by atoms with Crippen molar-refractivity contribution in [2.45, 2.75) is 10.6 Å². The first-order valence-corrected chi connectivity index (χ1v) is 6.69. The molecule has 19 heavy (non-hydrogen) atoms. The van der Waals surface area contributed by atoms with Gasteiger partial charge in [-0.05, 0) is 0 Å². The van der Waals surface area contributed by atoms with Gasteiger partial charge in [-0.1, -0.05) is 0 Å². The van der Waals surface area contributed by atoms with E-state index in [0.29, 0.717) is 5.65 Å². The molecule has 1 fully saturated rings. The summed E-state index contributed by atoms with van der Waals surface area (Å²) in [6, 6.07) is 0. The summed E-state index contributed by atoms with van der Waals surface area (Å²) in [6.45, 7) is -0.0313. The van der Waals surface area contributed by atoms with E-state index in [-0.39, 0.29) is 46.8 Å². The first kappa shape index (κ1) is 12.5. The number of anilines is 1. The third kappa shape index (κ3) is 1.81. The first-order valence-electron chi connectivity index (χ1n) is 5.75. The number of fused-ring (bicyclic) bond motifs is 1. The van der Waals surface area contributed by atoms with Crippen LogP contribution in [0.15, 0.2) is 11.1 Å². The van der Waals surface area contributed by atoms with Gasteiger partial charge in [-0.2, -0.15) is 4.98 Å². The van der Waals surface area contributed by atoms with E-state index in [4.69, 9.17) is 10.8 Å². The van der Waals surface area contributed by atoms with Crippen molar-refractivity contribution in [1.82, 2.24) is 19.5 Å². The molecule has 0 bridgehead atoms. The summed E-state index contributed by atoms with van der Waals surface area (Å²) in [5.41, 5.74) is 5.76. The molecule has 1 aliphatic rings. The van der Waals surface area contributed by atoms with Crippen LogP contribution in [0.1, 0.15) is 5.37 Å². The zero-order valence-corrected chi connectivity index (χ0v) is 10.7. The summed E-state index contributed by atoms with van der Waals surface area (Å²) >= 11 is 1.51. The monoisotopic (exact) mass is 283 g/mol. The fraction of sp³-hybridized carbons (Fsp3) is 0.500. The van der Waals surface area contributed by atoms with Gasteiger partial charge in [0.1, 0.15) is 0 Å². The second-order valence-corrected chi connectivity index (χ2v) is 5.73. The largest absolute Gasteiger partial charge is 0.396 e. The van der Waals surface area contributed by atoms with E-state index in [9.17, 15) is 9.90 Å². The molecule has 0 amide bonds. The summed E-state index contributed by atoms with van der Waals surface area (Å²) in [5.74, 6) is -0.0578. The van der Waals surface area contributed by atoms with E-state index in [1.807, 2.05) is 0 Å². The Kier molecular flexibility index (Phi) is 2.96. The second kappa shape index (κ2) is 4.51. The quantitative estimate of drug-likeness (QED) is 0.563. The maximum Gasteiger partial charge on any atom is 0.280 e. The Morgan fingerprint density at radius 3 is 2.95 bits per heavy atom. The van der Waals surface area contributed by atoms with Gasteiger partial charge < -0.3 is 20.5 Å². The van der Waals surface area contributed by atoms with Crippen molar-refractivity contribution in [2.75, 3.05) is 18.9 Å². The van der Waals surface area contributed by atoms with Crippen LogP contribution in [-0.2, 0) is 0 Å². The number of aliphatic hydroxyl groups excluding tert-OH is 2. The first-order chi connectivity index (χ1) is 9.15. The Morgan fingerprint density at radius 1 is 1.47 bits per heavy atom. The number of imidazole rings is 1. The van der Waals surface area contributed by atoms with Crippen LogP contribution in [0.5, 0.6) is 0 Å². The van der Waals surface area contributed by atoms with Crippen molar-refractivity contribution < 1.29 is 10.2 Å². The maximum atomic E-state index is 11.7. The predicted octanol–water partition coefficient (Wildman–Crippen LogP) is -1.08. The summed E-state index contributed by atoms with van der Waals surface area (Å²) in [4.78, 5) is 22.2. The number of hydrogen-bond acceptors (Lipinski definition) is 7. The molecule has 0 radical (unpaired) electrons. The number of rotatable bonds is 3. The molecule has 1 aliphatic heterocycles. The number of nitrogens with two attached hydrogens (primary N) is 1. The van der Waals surface area contributed by atoms with Crippen molar-refractivity contribution in [3.05, 3.63) is 16.7 Å². The molecule has 2 aromatic heterocycles. The highest BCUT2D eigenvalue weighted by Gasteiger charge is 2.43. The van der Waals surface area contributed by atoms with Gasteiger partial charge in [0.15, 0.2) is 11.2 Å². The Hall–Kier alpha value is -1.58. The molecule has 3 rings (SSSR count). The van der Waals surface area contributed by atoms with Crippen LogP contribution in [0.2, 0.25) is 0 Å². The number of nitrogens with zero attached hydrogens (tertiary/aromatic N) is 3.